The third-order valence-electron chi connectivity index (χ3n) is 7.08. The molecule has 2 aromatic rings. The Bertz CT molecular complexity index is 1040. The van der Waals surface area contributed by atoms with Crippen LogP contribution in [0.15, 0.2) is 48.5 Å². The maximum absolute atomic E-state index is 13.2. The molecule has 1 aliphatic heterocycles. The highest BCUT2D eigenvalue weighted by atomic mass is 16.5. The molecule has 8 heteroatoms. The second-order valence-corrected chi connectivity index (χ2v) is 8.89. The number of carbonyl (C=O) groups is 3. The van der Waals surface area contributed by atoms with Gasteiger partial charge in [0.05, 0.1) is 12.0 Å². The van der Waals surface area contributed by atoms with Crippen molar-refractivity contribution >= 4 is 18.0 Å². The second kappa shape index (κ2) is 9.85. The van der Waals surface area contributed by atoms with Crippen molar-refractivity contribution in [3.63, 3.8) is 0 Å². The van der Waals surface area contributed by atoms with Crippen LogP contribution in [0.25, 0.3) is 11.1 Å². The van der Waals surface area contributed by atoms with E-state index in [2.05, 4.69) is 17.4 Å². The maximum Gasteiger partial charge on any atom is 0.407 e. The number of ether oxygens (including phenoxy) is 2. The lowest BCUT2D eigenvalue weighted by molar-refractivity contribution is -0.143. The summed E-state index contributed by atoms with van der Waals surface area (Å²) >= 11 is 0. The lowest BCUT2D eigenvalue weighted by Crippen LogP contribution is -2.55. The van der Waals surface area contributed by atoms with Crippen LogP contribution >= 0.6 is 0 Å². The van der Waals surface area contributed by atoms with E-state index >= 15 is 0 Å². The molecule has 4 rings (SSSR count). The summed E-state index contributed by atoms with van der Waals surface area (Å²) in [6.07, 6.45) is -0.962. The summed E-state index contributed by atoms with van der Waals surface area (Å²) in [5.74, 6) is -2.03. The molecule has 1 heterocycles. The molecule has 1 saturated heterocycles. The van der Waals surface area contributed by atoms with Crippen LogP contribution in [0.1, 0.15) is 37.3 Å². The number of amides is 2. The Kier molecular flexibility index (Phi) is 6.88. The summed E-state index contributed by atoms with van der Waals surface area (Å²) in [6.45, 7) is 3.84. The average molecular weight is 467 g/mol. The highest BCUT2D eigenvalue weighted by Gasteiger charge is 2.42. The van der Waals surface area contributed by atoms with Gasteiger partial charge >= 0.3 is 12.1 Å². The van der Waals surface area contributed by atoms with Crippen LogP contribution < -0.4 is 5.32 Å². The van der Waals surface area contributed by atoms with E-state index in [0.29, 0.717) is 13.0 Å². The maximum atomic E-state index is 13.2. The van der Waals surface area contributed by atoms with E-state index in [9.17, 15) is 19.5 Å². The third kappa shape index (κ3) is 4.37. The molecule has 2 N–H and O–H groups in total. The molecule has 0 saturated carbocycles. The Morgan fingerprint density at radius 2 is 1.68 bits per heavy atom. The molecule has 180 valence electrons. The number of aliphatic carboxylic acids is 1. The predicted octanol–water partition coefficient (Wildman–Crippen LogP) is 3.25. The van der Waals surface area contributed by atoms with Crippen molar-refractivity contribution in [3.8, 4) is 11.1 Å². The fourth-order valence-corrected chi connectivity index (χ4v) is 5.04. The Labute approximate surface area is 198 Å². The van der Waals surface area contributed by atoms with Crippen molar-refractivity contribution in [2.24, 2.45) is 5.92 Å². The Morgan fingerprint density at radius 3 is 2.21 bits per heavy atom. The van der Waals surface area contributed by atoms with Crippen LogP contribution in [0.3, 0.4) is 0 Å². The highest BCUT2D eigenvalue weighted by Crippen LogP contribution is 2.44. The summed E-state index contributed by atoms with van der Waals surface area (Å²) in [7, 11) is 1.46. The first-order valence-electron chi connectivity index (χ1n) is 11.5. The van der Waals surface area contributed by atoms with Gasteiger partial charge in [-0.2, -0.15) is 0 Å². The summed E-state index contributed by atoms with van der Waals surface area (Å²) in [4.78, 5) is 39.0. The normalized spacial score (nSPS) is 20.9. The van der Waals surface area contributed by atoms with Crippen LogP contribution in [0.5, 0.6) is 0 Å². The minimum atomic E-state index is -0.990. The lowest BCUT2D eigenvalue weighted by atomic mass is 9.98. The van der Waals surface area contributed by atoms with Crippen molar-refractivity contribution < 1.29 is 29.0 Å². The summed E-state index contributed by atoms with van der Waals surface area (Å²) in [6, 6.07) is 14.6. The smallest absolute Gasteiger partial charge is 0.407 e. The Morgan fingerprint density at radius 1 is 1.09 bits per heavy atom. The van der Waals surface area contributed by atoms with Gasteiger partial charge in [-0.1, -0.05) is 48.5 Å². The summed E-state index contributed by atoms with van der Waals surface area (Å²) < 4.78 is 10.9. The molecule has 2 aliphatic rings. The van der Waals surface area contributed by atoms with Crippen LogP contribution in [-0.2, 0) is 19.1 Å². The molecule has 0 aromatic heterocycles. The first kappa shape index (κ1) is 23.8. The Balaban J connectivity index is 1.44. The van der Waals surface area contributed by atoms with E-state index in [0.717, 1.165) is 22.3 Å². The quantitative estimate of drug-likeness (QED) is 0.649. The van der Waals surface area contributed by atoms with E-state index in [1.54, 1.807) is 13.8 Å². The van der Waals surface area contributed by atoms with Crippen molar-refractivity contribution in [2.75, 3.05) is 20.3 Å². The molecule has 0 radical (unpaired) electrons. The number of rotatable bonds is 7. The molecule has 1 aliphatic carbocycles. The van der Waals surface area contributed by atoms with Crippen LogP contribution in [0.2, 0.25) is 0 Å². The molecule has 0 bridgehead atoms. The minimum Gasteiger partial charge on any atom is -0.481 e. The van der Waals surface area contributed by atoms with Gasteiger partial charge in [-0.05, 0) is 42.5 Å². The number of likely N-dealkylation sites (tertiary alicyclic amines) is 1. The fraction of sp³-hybridized carbons (Fsp3) is 0.423. The molecule has 2 amide bonds. The number of nitrogens with zero attached hydrogens (tertiary/aromatic N) is 1. The van der Waals surface area contributed by atoms with Gasteiger partial charge in [0.2, 0.25) is 5.91 Å². The zero-order chi connectivity index (χ0) is 24.4. The van der Waals surface area contributed by atoms with Gasteiger partial charge in [0.25, 0.3) is 0 Å². The van der Waals surface area contributed by atoms with Crippen molar-refractivity contribution in [1.82, 2.24) is 10.2 Å². The number of nitrogens with one attached hydrogen (secondary N) is 1. The lowest BCUT2D eigenvalue weighted by Gasteiger charge is -2.30. The number of hydrogen-bond acceptors (Lipinski definition) is 5. The number of carbonyl (C=O) groups excluding carboxylic acids is 2. The largest absolute Gasteiger partial charge is 0.481 e. The zero-order valence-electron chi connectivity index (χ0n) is 19.6. The predicted molar refractivity (Wildman–Crippen MR) is 125 cm³/mol. The molecule has 0 spiro atoms. The summed E-state index contributed by atoms with van der Waals surface area (Å²) in [5, 5.41) is 12.0. The van der Waals surface area contributed by atoms with Crippen molar-refractivity contribution in [2.45, 2.75) is 44.4 Å². The third-order valence-corrected chi connectivity index (χ3v) is 7.08. The van der Waals surface area contributed by atoms with Gasteiger partial charge in [0.15, 0.2) is 0 Å². The fourth-order valence-electron chi connectivity index (χ4n) is 5.04. The number of benzene rings is 2. The van der Waals surface area contributed by atoms with Gasteiger partial charge in [0, 0.05) is 25.6 Å². The van der Waals surface area contributed by atoms with E-state index in [1.807, 2.05) is 36.4 Å². The van der Waals surface area contributed by atoms with Gasteiger partial charge in [-0.25, -0.2) is 4.79 Å². The number of carboxylic acids is 1. The topological polar surface area (TPSA) is 105 Å². The summed E-state index contributed by atoms with van der Waals surface area (Å²) in [5.41, 5.74) is 4.45. The van der Waals surface area contributed by atoms with E-state index in [1.165, 1.54) is 12.0 Å². The Hall–Kier alpha value is -3.39. The number of fused-ring (bicyclic) bond motifs is 3. The monoisotopic (exact) mass is 466 g/mol. The second-order valence-electron chi connectivity index (χ2n) is 8.89. The SMILES string of the molecule is CO[C@H](C)[C@H](NC(=O)OCC1c2ccccc2-c2ccccc21)C(=O)N1CCC(C(=O)O)C1C. The molecular weight excluding hydrogens is 436 g/mol. The highest BCUT2D eigenvalue weighted by molar-refractivity contribution is 5.87. The molecule has 1 fully saturated rings. The molecule has 34 heavy (non-hydrogen) atoms. The number of hydrogen-bond donors (Lipinski definition) is 2. The number of methoxy groups -OCH3 is 1. The van der Waals surface area contributed by atoms with Crippen LogP contribution in [0, 0.1) is 5.92 Å². The van der Waals surface area contributed by atoms with E-state index in [-0.39, 0.29) is 18.4 Å². The number of carboxylic acid groups (broad SMARTS) is 1. The average Bonchev–Trinajstić information content (AvgIpc) is 3.38. The minimum absolute atomic E-state index is 0.0953. The van der Waals surface area contributed by atoms with Gasteiger partial charge in [0.1, 0.15) is 12.6 Å². The standard InChI is InChI=1S/C26H30N2O6/c1-15-17(25(30)31)12-13-28(15)24(29)23(16(2)33-3)27-26(32)34-14-22-20-10-6-4-8-18(20)19-9-5-7-11-21(19)22/h4-11,15-17,22-23H,12-14H2,1-3H3,(H,27,32)(H,30,31)/t15?,16-,17?,23+/m1/s1. The molecule has 8 nitrogen and oxygen atoms in total. The van der Waals surface area contributed by atoms with Gasteiger partial charge in [-0.15, -0.1) is 0 Å². The molecule has 2 aromatic carbocycles. The zero-order valence-corrected chi connectivity index (χ0v) is 19.6. The van der Waals surface area contributed by atoms with Gasteiger partial charge < -0.3 is 24.8 Å². The molecule has 4 atom stereocenters. The van der Waals surface area contributed by atoms with Crippen LogP contribution in [0.4, 0.5) is 4.79 Å². The van der Waals surface area contributed by atoms with Gasteiger partial charge in [-0.3, -0.25) is 9.59 Å². The van der Waals surface area contributed by atoms with Crippen LogP contribution in [-0.4, -0.2) is 66.4 Å². The first-order valence-corrected chi connectivity index (χ1v) is 11.5. The van der Waals surface area contributed by atoms with Crippen molar-refractivity contribution in [1.29, 1.82) is 0 Å². The van der Waals surface area contributed by atoms with E-state index in [4.69, 9.17) is 9.47 Å². The molecule has 2 unspecified atom stereocenters. The molecular formula is C26H30N2O6. The van der Waals surface area contributed by atoms with Crippen molar-refractivity contribution in [3.05, 3.63) is 59.7 Å². The number of alkyl carbamates (subject to hydrolysis) is 1. The first-order chi connectivity index (χ1) is 16.3. The van der Waals surface area contributed by atoms with E-state index < -0.39 is 36.2 Å².